The van der Waals surface area contributed by atoms with Gasteiger partial charge >= 0.3 is 11.9 Å². The lowest BCUT2D eigenvalue weighted by molar-refractivity contribution is -0.138. The van der Waals surface area contributed by atoms with Crippen LogP contribution in [0.1, 0.15) is 24.0 Å². The van der Waals surface area contributed by atoms with Gasteiger partial charge in [0.25, 0.3) is 0 Å². The molecule has 0 saturated heterocycles. The lowest BCUT2D eigenvalue weighted by atomic mass is 9.93. The molecular weight excluding hydrogens is 396 g/mol. The fourth-order valence-electron chi connectivity index (χ4n) is 3.68. The molecule has 1 heterocycles. The lowest BCUT2D eigenvalue weighted by Gasteiger charge is -2.28. The second-order valence-corrected chi connectivity index (χ2v) is 7.31. The van der Waals surface area contributed by atoms with E-state index in [4.69, 9.17) is 9.47 Å². The molecule has 2 aromatic carbocycles. The molecule has 31 heavy (non-hydrogen) atoms. The van der Waals surface area contributed by atoms with Gasteiger partial charge in [-0.1, -0.05) is 24.3 Å². The molecule has 0 saturated carbocycles. The highest BCUT2D eigenvalue weighted by atomic mass is 16.5. The van der Waals surface area contributed by atoms with Crippen LogP contribution in [0.15, 0.2) is 54.2 Å². The predicted molar refractivity (Wildman–Crippen MR) is 119 cm³/mol. The first-order valence-electron chi connectivity index (χ1n) is 10.2. The highest BCUT2D eigenvalue weighted by molar-refractivity contribution is 5.98. The van der Waals surface area contributed by atoms with E-state index in [0.29, 0.717) is 11.7 Å². The van der Waals surface area contributed by atoms with Crippen LogP contribution in [0.5, 0.6) is 5.75 Å². The van der Waals surface area contributed by atoms with Crippen molar-refractivity contribution in [2.75, 3.05) is 32.0 Å². The van der Waals surface area contributed by atoms with Gasteiger partial charge in [0.1, 0.15) is 11.4 Å². The summed E-state index contributed by atoms with van der Waals surface area (Å²) in [5.41, 5.74) is 4.22. The minimum Gasteiger partial charge on any atom is -0.495 e. The van der Waals surface area contributed by atoms with Crippen LogP contribution >= 0.6 is 0 Å². The number of carbonyl (C=O) groups excluding carboxylic acids is 2. The normalized spacial score (nSPS) is 15.3. The largest absolute Gasteiger partial charge is 0.495 e. The van der Waals surface area contributed by atoms with Crippen molar-refractivity contribution in [3.05, 3.63) is 65.4 Å². The zero-order valence-electron chi connectivity index (χ0n) is 18.1. The van der Waals surface area contributed by atoms with Gasteiger partial charge in [-0.3, -0.25) is 0 Å². The summed E-state index contributed by atoms with van der Waals surface area (Å²) in [6.07, 6.45) is 4.99. The Morgan fingerprint density at radius 1 is 1.13 bits per heavy atom. The lowest BCUT2D eigenvalue weighted by Crippen LogP contribution is -2.26. The minimum absolute atomic E-state index is 0.0177. The van der Waals surface area contributed by atoms with Crippen LogP contribution in [-0.4, -0.2) is 39.3 Å². The van der Waals surface area contributed by atoms with E-state index in [-0.39, 0.29) is 5.70 Å². The molecule has 2 N–H and O–H groups in total. The van der Waals surface area contributed by atoms with Crippen molar-refractivity contribution in [2.45, 2.75) is 31.7 Å². The van der Waals surface area contributed by atoms with Gasteiger partial charge in [-0.2, -0.15) is 0 Å². The van der Waals surface area contributed by atoms with Gasteiger partial charge in [0.05, 0.1) is 33.1 Å². The smallest absolute Gasteiger partial charge is 0.354 e. The second kappa shape index (κ2) is 10.5. The summed E-state index contributed by atoms with van der Waals surface area (Å²) in [7, 11) is 4.20. The molecule has 3 rings (SSSR count). The number of fused-ring (bicyclic) bond motifs is 1. The van der Waals surface area contributed by atoms with Crippen LogP contribution in [0.3, 0.4) is 0 Å². The molecule has 7 heteroatoms. The Bertz CT molecular complexity index is 956. The van der Waals surface area contributed by atoms with Gasteiger partial charge in [-0.05, 0) is 55.0 Å². The number of rotatable bonds is 8. The van der Waals surface area contributed by atoms with E-state index in [1.807, 2.05) is 36.4 Å². The highest BCUT2D eigenvalue weighted by Crippen LogP contribution is 2.34. The maximum Gasteiger partial charge on any atom is 0.354 e. The molecule has 1 unspecified atom stereocenters. The number of methoxy groups -OCH3 is 3. The number of anilines is 2. The number of aryl methyl sites for hydroxylation is 2. The number of nitrogens with one attached hydrogen (secondary N) is 2. The summed E-state index contributed by atoms with van der Waals surface area (Å²) < 4.78 is 14.8. The molecule has 2 aromatic rings. The molecule has 0 aliphatic carbocycles. The number of hydrogen-bond donors (Lipinski definition) is 2. The van der Waals surface area contributed by atoms with Crippen molar-refractivity contribution in [1.82, 2.24) is 0 Å². The summed E-state index contributed by atoms with van der Waals surface area (Å²) in [6.45, 7) is 0. The van der Waals surface area contributed by atoms with Crippen molar-refractivity contribution in [3.63, 3.8) is 0 Å². The van der Waals surface area contributed by atoms with Gasteiger partial charge in [0, 0.05) is 11.7 Å². The zero-order chi connectivity index (χ0) is 22.2. The summed E-state index contributed by atoms with van der Waals surface area (Å²) >= 11 is 0. The highest BCUT2D eigenvalue weighted by Gasteiger charge is 2.20. The first-order chi connectivity index (χ1) is 15.0. The molecule has 1 aliphatic heterocycles. The number of hydrogen-bond acceptors (Lipinski definition) is 7. The van der Waals surface area contributed by atoms with E-state index in [1.165, 1.54) is 19.8 Å². The molecule has 1 aliphatic rings. The first-order valence-corrected chi connectivity index (χ1v) is 10.2. The van der Waals surface area contributed by atoms with Crippen molar-refractivity contribution >= 4 is 23.3 Å². The zero-order valence-corrected chi connectivity index (χ0v) is 18.1. The SMILES string of the molecule is COC(=O)/C=C(/Nc1cccc(CCC2CCc3cccc(OC)c3N2)c1)C(=O)OC. The maximum atomic E-state index is 12.0. The number of para-hydroxylation sites is 1. The Labute approximate surface area is 182 Å². The fourth-order valence-corrected chi connectivity index (χ4v) is 3.68. The third kappa shape index (κ3) is 5.78. The van der Waals surface area contributed by atoms with E-state index in [0.717, 1.165) is 48.8 Å². The quantitative estimate of drug-likeness (QED) is 0.494. The van der Waals surface area contributed by atoms with E-state index in [2.05, 4.69) is 21.4 Å². The van der Waals surface area contributed by atoms with E-state index in [9.17, 15) is 9.59 Å². The van der Waals surface area contributed by atoms with Gasteiger partial charge in [0.15, 0.2) is 0 Å². The third-order valence-corrected chi connectivity index (χ3v) is 5.30. The standard InChI is InChI=1S/C24H28N2O5/c1-29-21-9-5-7-17-11-13-18(26-23(17)21)12-10-16-6-4-8-19(14-16)25-20(24(28)31-3)15-22(27)30-2/h4-9,14-15,18,25-26H,10-13H2,1-3H3/b20-15+. The average molecular weight is 424 g/mol. The van der Waals surface area contributed by atoms with Crippen LogP contribution < -0.4 is 15.4 Å². The molecule has 0 amide bonds. The van der Waals surface area contributed by atoms with Crippen LogP contribution in [0.4, 0.5) is 11.4 Å². The van der Waals surface area contributed by atoms with Gasteiger partial charge in [0.2, 0.25) is 0 Å². The summed E-state index contributed by atoms with van der Waals surface area (Å²) in [5.74, 6) is -0.404. The molecule has 0 spiro atoms. The maximum absolute atomic E-state index is 12.0. The predicted octanol–water partition coefficient (Wildman–Crippen LogP) is 3.70. The minimum atomic E-state index is -0.644. The Kier molecular flexibility index (Phi) is 7.54. The average Bonchev–Trinajstić information content (AvgIpc) is 2.81. The molecule has 1 atom stereocenters. The van der Waals surface area contributed by atoms with E-state index >= 15 is 0 Å². The molecule has 7 nitrogen and oxygen atoms in total. The fraction of sp³-hybridized carbons (Fsp3) is 0.333. The Hall–Kier alpha value is -3.48. The third-order valence-electron chi connectivity index (χ3n) is 5.30. The molecule has 0 fully saturated rings. The van der Waals surface area contributed by atoms with Crippen LogP contribution in [0, 0.1) is 0 Å². The number of esters is 2. The van der Waals surface area contributed by atoms with Crippen molar-refractivity contribution in [3.8, 4) is 5.75 Å². The Morgan fingerprint density at radius 2 is 1.94 bits per heavy atom. The summed E-state index contributed by atoms with van der Waals surface area (Å²) in [4.78, 5) is 23.5. The summed E-state index contributed by atoms with van der Waals surface area (Å²) in [5, 5.41) is 6.58. The molecule has 164 valence electrons. The van der Waals surface area contributed by atoms with E-state index < -0.39 is 11.9 Å². The Balaban J connectivity index is 1.65. The van der Waals surface area contributed by atoms with E-state index in [1.54, 1.807) is 7.11 Å². The number of ether oxygens (including phenoxy) is 3. The number of benzene rings is 2. The number of carbonyl (C=O) groups is 2. The van der Waals surface area contributed by atoms with Crippen molar-refractivity contribution in [2.24, 2.45) is 0 Å². The van der Waals surface area contributed by atoms with Gasteiger partial charge in [-0.15, -0.1) is 0 Å². The van der Waals surface area contributed by atoms with Crippen LogP contribution in [-0.2, 0) is 31.9 Å². The monoisotopic (exact) mass is 424 g/mol. The van der Waals surface area contributed by atoms with Crippen LogP contribution in [0.25, 0.3) is 0 Å². The van der Waals surface area contributed by atoms with Crippen LogP contribution in [0.2, 0.25) is 0 Å². The molecule has 0 aromatic heterocycles. The second-order valence-electron chi connectivity index (χ2n) is 7.31. The summed E-state index contributed by atoms with van der Waals surface area (Å²) in [6, 6.07) is 14.2. The van der Waals surface area contributed by atoms with Gasteiger partial charge in [-0.25, -0.2) is 9.59 Å². The van der Waals surface area contributed by atoms with Crippen molar-refractivity contribution in [1.29, 1.82) is 0 Å². The molecule has 0 bridgehead atoms. The first kappa shape index (κ1) is 22.2. The molecule has 0 radical (unpaired) electrons. The van der Waals surface area contributed by atoms with Crippen molar-refractivity contribution < 1.29 is 23.8 Å². The van der Waals surface area contributed by atoms with Gasteiger partial charge < -0.3 is 24.8 Å². The molecular formula is C24H28N2O5. The Morgan fingerprint density at radius 3 is 2.68 bits per heavy atom. The topological polar surface area (TPSA) is 85.9 Å².